The van der Waals surface area contributed by atoms with Gasteiger partial charge >= 0.3 is 6.18 Å². The first-order valence-corrected chi connectivity index (χ1v) is 12.0. The summed E-state index contributed by atoms with van der Waals surface area (Å²) in [7, 11) is 0. The fraction of sp³-hybridized carbons (Fsp3) is 0.107. The van der Waals surface area contributed by atoms with Gasteiger partial charge in [-0.1, -0.05) is 6.07 Å². The molecular weight excluding hydrogens is 547 g/mol. The maximum absolute atomic E-state index is 15.0. The van der Waals surface area contributed by atoms with Crippen molar-refractivity contribution in [2.24, 2.45) is 0 Å². The molecule has 8 nitrogen and oxygen atoms in total. The number of alkyl halides is 3. The Kier molecular flexibility index (Phi) is 7.28. The number of amides is 1. The monoisotopic (exact) mass is 566 g/mol. The number of hydrogen-bond donors (Lipinski definition) is 2. The van der Waals surface area contributed by atoms with Gasteiger partial charge in [0.1, 0.15) is 23.1 Å². The van der Waals surface area contributed by atoms with Gasteiger partial charge in [0, 0.05) is 30.2 Å². The van der Waals surface area contributed by atoms with Crippen molar-refractivity contribution in [1.29, 1.82) is 0 Å². The minimum Gasteiger partial charge on any atom is -0.389 e. The van der Waals surface area contributed by atoms with Gasteiger partial charge in [0.05, 0.1) is 28.6 Å². The first kappa shape index (κ1) is 27.5. The Bertz CT molecular complexity index is 1700. The number of anilines is 1. The summed E-state index contributed by atoms with van der Waals surface area (Å²) < 4.78 is 70.9. The van der Waals surface area contributed by atoms with Gasteiger partial charge in [0.25, 0.3) is 5.91 Å². The van der Waals surface area contributed by atoms with Gasteiger partial charge in [0.2, 0.25) is 0 Å². The number of aromatic nitrogens is 5. The molecule has 2 aromatic carbocycles. The lowest BCUT2D eigenvalue weighted by molar-refractivity contribution is -0.137. The van der Waals surface area contributed by atoms with E-state index < -0.39 is 46.5 Å². The van der Waals surface area contributed by atoms with Crippen LogP contribution in [-0.4, -0.2) is 35.7 Å². The van der Waals surface area contributed by atoms with Crippen LogP contribution in [0.4, 0.5) is 27.8 Å². The summed E-state index contributed by atoms with van der Waals surface area (Å²) in [5.74, 6) is -3.38. The predicted octanol–water partition coefficient (Wildman–Crippen LogP) is 5.99. The number of benzene rings is 2. The zero-order chi connectivity index (χ0) is 29.3. The van der Waals surface area contributed by atoms with Crippen molar-refractivity contribution < 1.29 is 31.9 Å². The lowest BCUT2D eigenvalue weighted by Gasteiger charge is -2.15. The van der Waals surface area contributed by atoms with Crippen molar-refractivity contribution in [2.75, 3.05) is 5.32 Å². The molecule has 0 unspecified atom stereocenters. The van der Waals surface area contributed by atoms with Crippen molar-refractivity contribution >= 4 is 11.7 Å². The van der Waals surface area contributed by atoms with Gasteiger partial charge in [-0.2, -0.15) is 18.3 Å². The number of halogens is 5. The molecule has 13 heteroatoms. The van der Waals surface area contributed by atoms with Crippen LogP contribution in [0.5, 0.6) is 0 Å². The summed E-state index contributed by atoms with van der Waals surface area (Å²) >= 11 is 0. The zero-order valence-corrected chi connectivity index (χ0v) is 21.1. The van der Waals surface area contributed by atoms with E-state index in [1.165, 1.54) is 59.7 Å². The average Bonchev–Trinajstić information content (AvgIpc) is 3.36. The summed E-state index contributed by atoms with van der Waals surface area (Å²) in [5.41, 5.74) is -1.14. The van der Waals surface area contributed by atoms with Crippen LogP contribution < -0.4 is 5.32 Å². The van der Waals surface area contributed by atoms with Gasteiger partial charge in [-0.25, -0.2) is 23.4 Å². The summed E-state index contributed by atoms with van der Waals surface area (Å²) in [5, 5.41) is 16.7. The average molecular weight is 566 g/mol. The van der Waals surface area contributed by atoms with Crippen molar-refractivity contribution in [3.05, 3.63) is 108 Å². The van der Waals surface area contributed by atoms with Crippen LogP contribution in [0, 0.1) is 11.6 Å². The molecule has 0 bridgehead atoms. The quantitative estimate of drug-likeness (QED) is 0.245. The highest BCUT2D eigenvalue weighted by molar-refractivity contribution is 6.05. The molecule has 5 rings (SSSR count). The van der Waals surface area contributed by atoms with Gasteiger partial charge in [-0.15, -0.1) is 0 Å². The Morgan fingerprint density at radius 3 is 2.27 bits per heavy atom. The standard InChI is InChI=1S/C28H19F5N6O2/c1-15(40)16-3-8-23(36-14-16)24-13-25(39(38-24)18-6-4-17(29)5-7-18)37-27(41)20-11-19(26-34-9-2-10-35-26)21(12-22(20)30)28(31,32)33/h2-15,40H,1H3,(H,37,41)/t15-/m1/s1. The lowest BCUT2D eigenvalue weighted by atomic mass is 10.0. The number of hydrogen-bond acceptors (Lipinski definition) is 6. The Morgan fingerprint density at radius 1 is 0.951 bits per heavy atom. The third-order valence-corrected chi connectivity index (χ3v) is 6.02. The van der Waals surface area contributed by atoms with Crippen LogP contribution in [0.25, 0.3) is 28.5 Å². The minimum absolute atomic E-state index is 0.00480. The van der Waals surface area contributed by atoms with E-state index in [2.05, 4.69) is 25.4 Å². The molecule has 0 aliphatic heterocycles. The summed E-state index contributed by atoms with van der Waals surface area (Å²) in [4.78, 5) is 25.2. The molecule has 0 saturated heterocycles. The largest absolute Gasteiger partial charge is 0.417 e. The molecule has 1 atom stereocenters. The number of rotatable bonds is 6. The smallest absolute Gasteiger partial charge is 0.389 e. The predicted molar refractivity (Wildman–Crippen MR) is 138 cm³/mol. The minimum atomic E-state index is -4.95. The SMILES string of the molecule is C[C@@H](O)c1ccc(-c2cc(NC(=O)c3cc(-c4ncccn4)c(C(F)(F)F)cc3F)n(-c3ccc(F)cc3)n2)nc1. The molecule has 0 saturated carbocycles. The van der Waals surface area contributed by atoms with E-state index in [1.807, 2.05) is 0 Å². The molecule has 0 aliphatic carbocycles. The Balaban J connectivity index is 1.57. The van der Waals surface area contributed by atoms with Crippen LogP contribution >= 0.6 is 0 Å². The second-order valence-corrected chi connectivity index (χ2v) is 8.86. The second kappa shape index (κ2) is 10.8. The molecule has 208 valence electrons. The number of aliphatic hydroxyl groups is 1. The highest BCUT2D eigenvalue weighted by Gasteiger charge is 2.36. The molecule has 0 spiro atoms. The van der Waals surface area contributed by atoms with Crippen molar-refractivity contribution in [1.82, 2.24) is 24.7 Å². The Labute approximate surface area is 229 Å². The number of aliphatic hydroxyl groups excluding tert-OH is 1. The van der Waals surface area contributed by atoms with Crippen LogP contribution in [0.1, 0.15) is 34.5 Å². The molecule has 5 aromatic rings. The van der Waals surface area contributed by atoms with Crippen molar-refractivity contribution in [3.63, 3.8) is 0 Å². The summed E-state index contributed by atoms with van der Waals surface area (Å²) in [6.45, 7) is 1.57. The fourth-order valence-electron chi connectivity index (χ4n) is 3.97. The van der Waals surface area contributed by atoms with E-state index in [9.17, 15) is 31.9 Å². The number of nitrogens with zero attached hydrogens (tertiary/aromatic N) is 5. The van der Waals surface area contributed by atoms with E-state index >= 15 is 0 Å². The van der Waals surface area contributed by atoms with Crippen LogP contribution in [0.3, 0.4) is 0 Å². The third-order valence-electron chi connectivity index (χ3n) is 6.02. The molecule has 3 heterocycles. The number of carbonyl (C=O) groups is 1. The van der Waals surface area contributed by atoms with E-state index in [1.54, 1.807) is 19.1 Å². The molecule has 41 heavy (non-hydrogen) atoms. The highest BCUT2D eigenvalue weighted by atomic mass is 19.4. The van der Waals surface area contributed by atoms with Gasteiger partial charge in [0.15, 0.2) is 5.82 Å². The third kappa shape index (κ3) is 5.79. The Morgan fingerprint density at radius 2 is 1.66 bits per heavy atom. The number of carbonyl (C=O) groups excluding carboxylic acids is 1. The number of nitrogens with one attached hydrogen (secondary N) is 1. The van der Waals surface area contributed by atoms with E-state index in [0.29, 0.717) is 16.9 Å². The van der Waals surface area contributed by atoms with Crippen LogP contribution in [0.15, 0.2) is 79.3 Å². The van der Waals surface area contributed by atoms with E-state index in [4.69, 9.17) is 0 Å². The van der Waals surface area contributed by atoms with Gasteiger partial charge in [-0.05, 0) is 61.0 Å². The van der Waals surface area contributed by atoms with Crippen molar-refractivity contribution in [2.45, 2.75) is 19.2 Å². The van der Waals surface area contributed by atoms with E-state index in [0.717, 1.165) is 6.07 Å². The molecule has 0 fully saturated rings. The molecule has 0 radical (unpaired) electrons. The van der Waals surface area contributed by atoms with Crippen LogP contribution in [0.2, 0.25) is 0 Å². The molecule has 2 N–H and O–H groups in total. The van der Waals surface area contributed by atoms with Crippen LogP contribution in [-0.2, 0) is 6.18 Å². The molecule has 3 aromatic heterocycles. The Hall–Kier alpha value is -5.04. The fourth-order valence-corrected chi connectivity index (χ4v) is 3.97. The normalized spacial score (nSPS) is 12.3. The summed E-state index contributed by atoms with van der Waals surface area (Å²) in [6, 6.07) is 12.1. The lowest BCUT2D eigenvalue weighted by Crippen LogP contribution is -2.18. The number of pyridine rings is 1. The second-order valence-electron chi connectivity index (χ2n) is 8.86. The molecule has 0 aliphatic rings. The zero-order valence-electron chi connectivity index (χ0n) is 21.1. The highest BCUT2D eigenvalue weighted by Crippen LogP contribution is 2.37. The first-order chi connectivity index (χ1) is 19.5. The topological polar surface area (TPSA) is 106 Å². The summed E-state index contributed by atoms with van der Waals surface area (Å²) in [6.07, 6.45) is -1.82. The molecular formula is C28H19F5N6O2. The van der Waals surface area contributed by atoms with E-state index in [-0.39, 0.29) is 23.4 Å². The van der Waals surface area contributed by atoms with Crippen molar-refractivity contribution in [3.8, 4) is 28.5 Å². The van der Waals surface area contributed by atoms with Gasteiger partial charge in [-0.3, -0.25) is 9.78 Å². The van der Waals surface area contributed by atoms with Gasteiger partial charge < -0.3 is 10.4 Å². The first-order valence-electron chi connectivity index (χ1n) is 12.0. The maximum atomic E-state index is 15.0. The molecule has 1 amide bonds. The maximum Gasteiger partial charge on any atom is 0.417 e.